The zero-order chi connectivity index (χ0) is 18.1. The summed E-state index contributed by atoms with van der Waals surface area (Å²) in [6.45, 7) is 0. The van der Waals surface area contributed by atoms with Crippen molar-refractivity contribution in [1.82, 2.24) is 0 Å². The van der Waals surface area contributed by atoms with Crippen molar-refractivity contribution < 1.29 is 8.42 Å². The van der Waals surface area contributed by atoms with Gasteiger partial charge in [-0.15, -0.1) is 0 Å². The highest BCUT2D eigenvalue weighted by Gasteiger charge is 2.11. The number of aryl methyl sites for hydroxylation is 2. The predicted octanol–water partition coefficient (Wildman–Crippen LogP) is 4.77. The Morgan fingerprint density at radius 3 is 1.40 bits per heavy atom. The van der Waals surface area contributed by atoms with Gasteiger partial charge in [0.05, 0.1) is 11.5 Å². The van der Waals surface area contributed by atoms with Crippen molar-refractivity contribution in [3.63, 3.8) is 0 Å². The van der Waals surface area contributed by atoms with E-state index in [1.165, 1.54) is 0 Å². The van der Waals surface area contributed by atoms with Gasteiger partial charge in [0.15, 0.2) is 9.84 Å². The van der Waals surface area contributed by atoms with Gasteiger partial charge in [0.2, 0.25) is 0 Å². The van der Waals surface area contributed by atoms with Crippen LogP contribution < -0.4 is 0 Å². The number of rotatable bonds is 8. The maximum Gasteiger partial charge on any atom is 0.150 e. The molecule has 0 aliphatic carbocycles. The molecule has 0 fully saturated rings. The van der Waals surface area contributed by atoms with Crippen LogP contribution in [0.1, 0.15) is 11.1 Å². The first kappa shape index (κ1) is 18.4. The minimum absolute atomic E-state index is 0.0602. The van der Waals surface area contributed by atoms with E-state index in [0.29, 0.717) is 24.2 Å². The molecule has 2 rings (SSSR count). The van der Waals surface area contributed by atoms with Crippen molar-refractivity contribution in [3.8, 4) is 0 Å². The molecule has 0 atom stereocenters. The fourth-order valence-electron chi connectivity index (χ4n) is 2.21. The fraction of sp³-hybridized carbons (Fsp3) is 0.250. The molecule has 25 heavy (non-hydrogen) atoms. The quantitative estimate of drug-likeness (QED) is 0.383. The number of hydrogen-bond acceptors (Lipinski definition) is 4. The van der Waals surface area contributed by atoms with Crippen LogP contribution >= 0.6 is 0 Å². The normalized spacial score (nSPS) is 10.6. The molecular formula is C16H16N6O2S. The van der Waals surface area contributed by atoms with Gasteiger partial charge in [0.1, 0.15) is 0 Å². The van der Waals surface area contributed by atoms with Gasteiger partial charge >= 0.3 is 0 Å². The molecule has 2 aromatic rings. The Kier molecular flexibility index (Phi) is 6.42. The molecule has 0 amide bonds. The van der Waals surface area contributed by atoms with Crippen molar-refractivity contribution in [1.29, 1.82) is 0 Å². The van der Waals surface area contributed by atoms with Gasteiger partial charge in [-0.3, -0.25) is 0 Å². The smallest absolute Gasteiger partial charge is 0.150 e. The standard InChI is InChI=1S/C16H16N6O2S/c17-21-19-15-5-1-13(2-6-15)9-11-25(23,24)12-10-14-3-7-16(8-4-14)20-22-18/h1-8H,9-12H2. The summed E-state index contributed by atoms with van der Waals surface area (Å²) in [7, 11) is -3.18. The zero-order valence-electron chi connectivity index (χ0n) is 13.4. The highest BCUT2D eigenvalue weighted by Crippen LogP contribution is 2.15. The molecule has 0 spiro atoms. The summed E-state index contributed by atoms with van der Waals surface area (Å²) in [5.74, 6) is 0.120. The molecule has 0 saturated carbocycles. The summed E-state index contributed by atoms with van der Waals surface area (Å²) in [6, 6.07) is 13.7. The number of hydrogen-bond donors (Lipinski definition) is 0. The molecule has 0 aromatic heterocycles. The highest BCUT2D eigenvalue weighted by atomic mass is 32.2. The largest absolute Gasteiger partial charge is 0.229 e. The van der Waals surface area contributed by atoms with E-state index in [2.05, 4.69) is 20.1 Å². The molecule has 0 N–H and O–H groups in total. The van der Waals surface area contributed by atoms with Crippen LogP contribution in [0, 0.1) is 0 Å². The molecule has 0 aliphatic rings. The average molecular weight is 356 g/mol. The zero-order valence-corrected chi connectivity index (χ0v) is 14.2. The monoisotopic (exact) mass is 356 g/mol. The summed E-state index contributed by atoms with van der Waals surface area (Å²) in [4.78, 5) is 5.39. The van der Waals surface area contributed by atoms with Crippen LogP contribution in [0.15, 0.2) is 58.8 Å². The van der Waals surface area contributed by atoms with Gasteiger partial charge in [-0.25, -0.2) is 8.42 Å². The third-order valence-electron chi connectivity index (χ3n) is 3.60. The third-order valence-corrected chi connectivity index (χ3v) is 5.25. The lowest BCUT2D eigenvalue weighted by atomic mass is 10.1. The predicted molar refractivity (Wildman–Crippen MR) is 96.6 cm³/mol. The van der Waals surface area contributed by atoms with Crippen LogP contribution in [0.3, 0.4) is 0 Å². The second kappa shape index (κ2) is 8.75. The van der Waals surface area contributed by atoms with Crippen LogP contribution in [0.25, 0.3) is 20.9 Å². The Bertz CT molecular complexity index is 839. The maximum atomic E-state index is 12.2. The van der Waals surface area contributed by atoms with E-state index >= 15 is 0 Å². The van der Waals surface area contributed by atoms with Crippen molar-refractivity contribution in [2.75, 3.05) is 11.5 Å². The number of benzene rings is 2. The molecule has 0 unspecified atom stereocenters. The van der Waals surface area contributed by atoms with Crippen molar-refractivity contribution in [2.24, 2.45) is 10.2 Å². The molecule has 0 bridgehead atoms. The SMILES string of the molecule is [N-]=[N+]=Nc1ccc(CCS(=O)(=O)CCc2ccc(N=[N+]=[N-])cc2)cc1. The van der Waals surface area contributed by atoms with Gasteiger partial charge in [0.25, 0.3) is 0 Å². The summed E-state index contributed by atoms with van der Waals surface area (Å²) in [6.07, 6.45) is 0.823. The first-order chi connectivity index (χ1) is 12.0. The minimum Gasteiger partial charge on any atom is -0.229 e. The number of sulfone groups is 1. The van der Waals surface area contributed by atoms with E-state index in [1.54, 1.807) is 48.5 Å². The Hall–Kier alpha value is -2.99. The van der Waals surface area contributed by atoms with E-state index in [1.807, 2.05) is 0 Å². The van der Waals surface area contributed by atoms with Gasteiger partial charge in [0, 0.05) is 21.2 Å². The van der Waals surface area contributed by atoms with Gasteiger partial charge < -0.3 is 0 Å². The molecule has 0 heterocycles. The van der Waals surface area contributed by atoms with Crippen LogP contribution in [0.4, 0.5) is 11.4 Å². The molecule has 2 aromatic carbocycles. The van der Waals surface area contributed by atoms with Crippen LogP contribution in [0.5, 0.6) is 0 Å². The van der Waals surface area contributed by atoms with E-state index in [9.17, 15) is 8.42 Å². The van der Waals surface area contributed by atoms with Gasteiger partial charge in [-0.1, -0.05) is 58.8 Å². The lowest BCUT2D eigenvalue weighted by Crippen LogP contribution is -2.14. The third kappa shape index (κ3) is 6.19. The van der Waals surface area contributed by atoms with E-state index in [4.69, 9.17) is 11.1 Å². The first-order valence-corrected chi connectivity index (χ1v) is 9.33. The van der Waals surface area contributed by atoms with Crippen molar-refractivity contribution in [2.45, 2.75) is 12.8 Å². The Morgan fingerprint density at radius 1 is 0.720 bits per heavy atom. The highest BCUT2D eigenvalue weighted by molar-refractivity contribution is 7.91. The second-order valence-electron chi connectivity index (χ2n) is 5.36. The summed E-state index contributed by atoms with van der Waals surface area (Å²) < 4.78 is 24.4. The second-order valence-corrected chi connectivity index (χ2v) is 7.67. The van der Waals surface area contributed by atoms with E-state index < -0.39 is 9.84 Å². The molecule has 9 heteroatoms. The van der Waals surface area contributed by atoms with Crippen molar-refractivity contribution >= 4 is 21.2 Å². The summed E-state index contributed by atoms with van der Waals surface area (Å²) in [5.41, 5.74) is 19.4. The lowest BCUT2D eigenvalue weighted by Gasteiger charge is -2.06. The molecule has 128 valence electrons. The lowest BCUT2D eigenvalue weighted by molar-refractivity contribution is 0.594. The van der Waals surface area contributed by atoms with E-state index in [0.717, 1.165) is 11.1 Å². The number of nitrogens with zero attached hydrogens (tertiary/aromatic N) is 6. The molecule has 8 nitrogen and oxygen atoms in total. The minimum atomic E-state index is -3.18. The van der Waals surface area contributed by atoms with Crippen LogP contribution in [-0.4, -0.2) is 19.9 Å². The molecule has 0 saturated heterocycles. The average Bonchev–Trinajstić information content (AvgIpc) is 2.61. The summed E-state index contributed by atoms with van der Waals surface area (Å²) in [5, 5.41) is 6.95. The molecule has 0 radical (unpaired) electrons. The van der Waals surface area contributed by atoms with Crippen LogP contribution in [0.2, 0.25) is 0 Å². The van der Waals surface area contributed by atoms with Gasteiger partial charge in [-0.2, -0.15) is 0 Å². The van der Waals surface area contributed by atoms with Gasteiger partial charge in [-0.05, 0) is 35.0 Å². The number of azide groups is 2. The van der Waals surface area contributed by atoms with Crippen molar-refractivity contribution in [3.05, 3.63) is 80.5 Å². The van der Waals surface area contributed by atoms with Crippen LogP contribution in [-0.2, 0) is 22.7 Å². The Labute approximate surface area is 145 Å². The first-order valence-electron chi connectivity index (χ1n) is 7.51. The summed E-state index contributed by atoms with van der Waals surface area (Å²) >= 11 is 0. The maximum absolute atomic E-state index is 12.2. The Balaban J connectivity index is 1.88. The topological polar surface area (TPSA) is 132 Å². The fourth-order valence-corrected chi connectivity index (χ4v) is 3.51. The van der Waals surface area contributed by atoms with E-state index in [-0.39, 0.29) is 11.5 Å². The molecular weight excluding hydrogens is 340 g/mol. The molecule has 0 aliphatic heterocycles. The Morgan fingerprint density at radius 2 is 1.08 bits per heavy atom.